The smallest absolute Gasteiger partial charge is 0.325 e. The molecule has 7 nitrogen and oxygen atoms in total. The van der Waals surface area contributed by atoms with Gasteiger partial charge in [0.05, 0.1) is 0 Å². The molecule has 0 unspecified atom stereocenters. The fraction of sp³-hybridized carbons (Fsp3) is 0.375. The minimum atomic E-state index is -0.963. The molecule has 0 radical (unpaired) electrons. The first-order valence-corrected chi connectivity index (χ1v) is 7.33. The molecule has 1 aliphatic rings. The van der Waals surface area contributed by atoms with Crippen molar-refractivity contribution >= 4 is 29.4 Å². The Bertz CT molecular complexity index is 669. The number of anilines is 1. The molecule has 122 valence electrons. The number of nitrogens with one attached hydrogen (secondary N) is 1. The average Bonchev–Trinajstić information content (AvgIpc) is 2.64. The number of hydrogen-bond acceptors (Lipinski definition) is 4. The highest BCUT2D eigenvalue weighted by Crippen LogP contribution is 2.15. The molecule has 2 rings (SSSR count). The van der Waals surface area contributed by atoms with E-state index >= 15 is 0 Å². The van der Waals surface area contributed by atoms with Crippen molar-refractivity contribution in [1.29, 1.82) is 0 Å². The Morgan fingerprint density at radius 1 is 1.13 bits per heavy atom. The summed E-state index contributed by atoms with van der Waals surface area (Å²) in [5, 5.41) is 2.61. The number of imide groups is 2. The number of rotatable bonds is 5. The number of benzene rings is 1. The second-order valence-electron chi connectivity index (χ2n) is 5.90. The van der Waals surface area contributed by atoms with Gasteiger partial charge >= 0.3 is 17.8 Å². The molecule has 7 heteroatoms. The van der Waals surface area contributed by atoms with Gasteiger partial charge in [0.15, 0.2) is 0 Å². The Kier molecular flexibility index (Phi) is 4.78. The lowest BCUT2D eigenvalue weighted by molar-refractivity contribution is -0.143. The molecule has 0 bridgehead atoms. The highest BCUT2D eigenvalue weighted by Gasteiger charge is 2.45. The molecule has 0 aromatic heterocycles. The summed E-state index contributed by atoms with van der Waals surface area (Å²) < 4.78 is 0. The largest absolute Gasteiger partial charge is 0.334 e. The minimum absolute atomic E-state index is 0.0387. The van der Waals surface area contributed by atoms with Crippen LogP contribution in [0.25, 0.3) is 0 Å². The van der Waals surface area contributed by atoms with Gasteiger partial charge in [0.1, 0.15) is 6.54 Å². The van der Waals surface area contributed by atoms with E-state index in [4.69, 9.17) is 0 Å². The molecule has 23 heavy (non-hydrogen) atoms. The maximum Gasteiger partial charge on any atom is 0.334 e. The third-order valence-corrected chi connectivity index (χ3v) is 3.29. The van der Waals surface area contributed by atoms with Gasteiger partial charge in [0.25, 0.3) is 0 Å². The van der Waals surface area contributed by atoms with Crippen molar-refractivity contribution in [3.8, 4) is 0 Å². The molecule has 1 aliphatic heterocycles. The number of carbonyl (C=O) groups is 4. The molecular formula is C16H19N3O4. The fourth-order valence-electron chi connectivity index (χ4n) is 2.28. The first-order chi connectivity index (χ1) is 10.8. The second-order valence-corrected chi connectivity index (χ2v) is 5.90. The van der Waals surface area contributed by atoms with Gasteiger partial charge in [-0.15, -0.1) is 0 Å². The average molecular weight is 317 g/mol. The molecule has 1 aromatic carbocycles. The zero-order valence-electron chi connectivity index (χ0n) is 13.3. The summed E-state index contributed by atoms with van der Waals surface area (Å²) in [4.78, 5) is 49.4. The maximum atomic E-state index is 12.1. The normalized spacial score (nSPS) is 14.9. The lowest BCUT2D eigenvalue weighted by Gasteiger charge is -2.16. The van der Waals surface area contributed by atoms with Crippen molar-refractivity contribution in [2.75, 3.05) is 18.4 Å². The van der Waals surface area contributed by atoms with Crippen LogP contribution in [0.2, 0.25) is 0 Å². The van der Waals surface area contributed by atoms with Gasteiger partial charge in [0.2, 0.25) is 5.91 Å². The molecule has 0 saturated carbocycles. The molecule has 1 aromatic rings. The Labute approximate surface area is 134 Å². The maximum absolute atomic E-state index is 12.1. The van der Waals surface area contributed by atoms with E-state index in [1.165, 1.54) is 0 Å². The number of aryl methyl sites for hydroxylation is 1. The van der Waals surface area contributed by atoms with E-state index in [-0.39, 0.29) is 12.5 Å². The van der Waals surface area contributed by atoms with Crippen molar-refractivity contribution in [2.45, 2.75) is 20.8 Å². The summed E-state index contributed by atoms with van der Waals surface area (Å²) in [5.41, 5.74) is 1.54. The van der Waals surface area contributed by atoms with E-state index in [0.717, 1.165) is 10.5 Å². The molecule has 0 aliphatic carbocycles. The van der Waals surface area contributed by atoms with Crippen LogP contribution in [0.15, 0.2) is 24.3 Å². The molecule has 0 spiro atoms. The van der Waals surface area contributed by atoms with Crippen molar-refractivity contribution in [3.05, 3.63) is 29.8 Å². The zero-order valence-corrected chi connectivity index (χ0v) is 13.3. The topological polar surface area (TPSA) is 86.8 Å². The SMILES string of the molecule is Cc1cccc(NC(=O)CN2C(=O)C(=O)N(CC(C)C)C2=O)c1. The molecule has 1 N–H and O–H groups in total. The van der Waals surface area contributed by atoms with Crippen molar-refractivity contribution < 1.29 is 19.2 Å². The first kappa shape index (κ1) is 16.7. The van der Waals surface area contributed by atoms with Crippen LogP contribution in [0.3, 0.4) is 0 Å². The quantitative estimate of drug-likeness (QED) is 0.656. The Hall–Kier alpha value is -2.70. The van der Waals surface area contributed by atoms with E-state index in [0.29, 0.717) is 10.6 Å². The summed E-state index contributed by atoms with van der Waals surface area (Å²) in [5.74, 6) is -2.34. The van der Waals surface area contributed by atoms with E-state index in [9.17, 15) is 19.2 Å². The Morgan fingerprint density at radius 2 is 1.78 bits per heavy atom. The Morgan fingerprint density at radius 3 is 2.39 bits per heavy atom. The fourth-order valence-corrected chi connectivity index (χ4v) is 2.28. The highest BCUT2D eigenvalue weighted by atomic mass is 16.2. The summed E-state index contributed by atoms with van der Waals surface area (Å²) in [6.45, 7) is 5.22. The van der Waals surface area contributed by atoms with Gasteiger partial charge in [-0.05, 0) is 30.5 Å². The summed E-state index contributed by atoms with van der Waals surface area (Å²) >= 11 is 0. The van der Waals surface area contributed by atoms with E-state index in [1.54, 1.807) is 18.2 Å². The predicted molar refractivity (Wildman–Crippen MR) is 83.5 cm³/mol. The Balaban J connectivity index is 2.04. The lowest BCUT2D eigenvalue weighted by Crippen LogP contribution is -2.39. The van der Waals surface area contributed by atoms with Crippen LogP contribution in [0, 0.1) is 12.8 Å². The lowest BCUT2D eigenvalue weighted by atomic mass is 10.2. The van der Waals surface area contributed by atoms with E-state index < -0.39 is 30.3 Å². The zero-order chi connectivity index (χ0) is 17.1. The summed E-state index contributed by atoms with van der Waals surface area (Å²) in [6.07, 6.45) is 0. The minimum Gasteiger partial charge on any atom is -0.325 e. The van der Waals surface area contributed by atoms with Gasteiger partial charge in [-0.1, -0.05) is 26.0 Å². The standard InChI is InChI=1S/C16H19N3O4/c1-10(2)8-18-14(21)15(22)19(16(18)23)9-13(20)17-12-6-4-5-11(3)7-12/h4-7,10H,8-9H2,1-3H3,(H,17,20). The third kappa shape index (κ3) is 3.74. The number of urea groups is 1. The molecular weight excluding hydrogens is 298 g/mol. The van der Waals surface area contributed by atoms with Gasteiger partial charge in [-0.25, -0.2) is 9.69 Å². The van der Waals surface area contributed by atoms with Crippen molar-refractivity contribution in [2.24, 2.45) is 5.92 Å². The van der Waals surface area contributed by atoms with Crippen molar-refractivity contribution in [3.63, 3.8) is 0 Å². The molecule has 1 heterocycles. The van der Waals surface area contributed by atoms with Crippen LogP contribution < -0.4 is 5.32 Å². The van der Waals surface area contributed by atoms with Gasteiger partial charge in [0, 0.05) is 12.2 Å². The van der Waals surface area contributed by atoms with Crippen LogP contribution in [-0.4, -0.2) is 46.6 Å². The molecule has 1 saturated heterocycles. The van der Waals surface area contributed by atoms with E-state index in [2.05, 4.69) is 5.32 Å². The number of amides is 5. The predicted octanol–water partition coefficient (Wildman–Crippen LogP) is 1.38. The van der Waals surface area contributed by atoms with Crippen LogP contribution in [-0.2, 0) is 14.4 Å². The molecule has 5 amide bonds. The van der Waals surface area contributed by atoms with Crippen LogP contribution in [0.4, 0.5) is 10.5 Å². The van der Waals surface area contributed by atoms with Crippen LogP contribution in [0.1, 0.15) is 19.4 Å². The van der Waals surface area contributed by atoms with Gasteiger partial charge in [-0.2, -0.15) is 0 Å². The van der Waals surface area contributed by atoms with Crippen LogP contribution >= 0.6 is 0 Å². The summed E-state index contributed by atoms with van der Waals surface area (Å²) in [6, 6.07) is 6.39. The number of nitrogens with zero attached hydrogens (tertiary/aromatic N) is 2. The van der Waals surface area contributed by atoms with E-state index in [1.807, 2.05) is 26.8 Å². The second kappa shape index (κ2) is 6.60. The number of hydrogen-bond donors (Lipinski definition) is 1. The van der Waals surface area contributed by atoms with Crippen molar-refractivity contribution in [1.82, 2.24) is 9.80 Å². The molecule has 1 fully saturated rings. The summed E-state index contributed by atoms with van der Waals surface area (Å²) in [7, 11) is 0. The third-order valence-electron chi connectivity index (χ3n) is 3.29. The van der Waals surface area contributed by atoms with Gasteiger partial charge in [-0.3, -0.25) is 19.3 Å². The highest BCUT2D eigenvalue weighted by molar-refractivity contribution is 6.45. The number of carbonyl (C=O) groups excluding carboxylic acids is 4. The monoisotopic (exact) mass is 317 g/mol. The molecule has 0 atom stereocenters. The van der Waals surface area contributed by atoms with Crippen LogP contribution in [0.5, 0.6) is 0 Å². The first-order valence-electron chi connectivity index (χ1n) is 7.33. The van der Waals surface area contributed by atoms with Gasteiger partial charge < -0.3 is 5.32 Å².